The highest BCUT2D eigenvalue weighted by molar-refractivity contribution is 5.92. The summed E-state index contributed by atoms with van der Waals surface area (Å²) in [6.07, 6.45) is 5.30. The van der Waals surface area contributed by atoms with Crippen molar-refractivity contribution in [2.24, 2.45) is 7.05 Å². The Hall–Kier alpha value is -2.14. The van der Waals surface area contributed by atoms with Gasteiger partial charge in [-0.25, -0.2) is 9.97 Å². The van der Waals surface area contributed by atoms with Crippen molar-refractivity contribution in [3.8, 4) is 11.5 Å². The lowest BCUT2D eigenvalue weighted by molar-refractivity contribution is 0.580. The Morgan fingerprint density at radius 3 is 3.00 bits per heavy atom. The van der Waals surface area contributed by atoms with E-state index in [1.165, 1.54) is 5.56 Å². The summed E-state index contributed by atoms with van der Waals surface area (Å²) in [5.74, 6) is 0.769. The molecule has 0 bridgehead atoms. The summed E-state index contributed by atoms with van der Waals surface area (Å²) in [5.41, 5.74) is 2.93. The molecule has 0 aliphatic rings. The Morgan fingerprint density at radius 1 is 1.39 bits per heavy atom. The standard InChI is InChI=1S/C13H14N4O/c1-14-6-9-7-17(2)13-11(9)12(15-8-16-13)10-4-3-5-18-10/h3-5,7-8,14H,6H2,1-2H3. The van der Waals surface area contributed by atoms with Crippen LogP contribution in [0.3, 0.4) is 0 Å². The Morgan fingerprint density at radius 2 is 2.28 bits per heavy atom. The van der Waals surface area contributed by atoms with Crippen molar-refractivity contribution in [2.75, 3.05) is 7.05 Å². The van der Waals surface area contributed by atoms with Gasteiger partial charge < -0.3 is 14.3 Å². The zero-order valence-electron chi connectivity index (χ0n) is 10.3. The average Bonchev–Trinajstić information content (AvgIpc) is 2.99. The molecule has 3 rings (SSSR count). The van der Waals surface area contributed by atoms with Crippen LogP contribution in [0.1, 0.15) is 5.56 Å². The lowest BCUT2D eigenvalue weighted by Crippen LogP contribution is -2.04. The molecule has 3 heterocycles. The van der Waals surface area contributed by atoms with Crippen LogP contribution in [-0.4, -0.2) is 21.6 Å². The maximum Gasteiger partial charge on any atom is 0.153 e. The Labute approximate surface area is 104 Å². The molecular weight excluding hydrogens is 228 g/mol. The fraction of sp³-hybridized carbons (Fsp3) is 0.231. The highest BCUT2D eigenvalue weighted by atomic mass is 16.3. The number of furan rings is 1. The van der Waals surface area contributed by atoms with E-state index in [9.17, 15) is 0 Å². The minimum absolute atomic E-state index is 0.769. The third-order valence-electron chi connectivity index (χ3n) is 2.95. The van der Waals surface area contributed by atoms with Gasteiger partial charge in [0.05, 0.1) is 11.6 Å². The Balaban J connectivity index is 2.31. The summed E-state index contributed by atoms with van der Waals surface area (Å²) in [7, 11) is 3.91. The SMILES string of the molecule is CNCc1cn(C)c2ncnc(-c3ccco3)c12. The first-order valence-corrected chi connectivity index (χ1v) is 5.78. The molecule has 92 valence electrons. The van der Waals surface area contributed by atoms with E-state index >= 15 is 0 Å². The van der Waals surface area contributed by atoms with Crippen molar-refractivity contribution >= 4 is 11.0 Å². The third-order valence-corrected chi connectivity index (χ3v) is 2.95. The average molecular weight is 242 g/mol. The van der Waals surface area contributed by atoms with Crippen LogP contribution in [0, 0.1) is 0 Å². The van der Waals surface area contributed by atoms with Crippen molar-refractivity contribution < 1.29 is 4.42 Å². The highest BCUT2D eigenvalue weighted by Gasteiger charge is 2.15. The maximum atomic E-state index is 5.45. The second-order valence-corrected chi connectivity index (χ2v) is 4.19. The number of rotatable bonds is 3. The number of aryl methyl sites for hydroxylation is 1. The summed E-state index contributed by atoms with van der Waals surface area (Å²) in [6.45, 7) is 0.776. The fourth-order valence-electron chi connectivity index (χ4n) is 2.22. The van der Waals surface area contributed by atoms with Crippen molar-refractivity contribution in [3.05, 3.63) is 36.5 Å². The van der Waals surface area contributed by atoms with Gasteiger partial charge in [0.1, 0.15) is 17.7 Å². The molecule has 5 heteroatoms. The monoisotopic (exact) mass is 242 g/mol. The van der Waals surface area contributed by atoms with Crippen LogP contribution >= 0.6 is 0 Å². The van der Waals surface area contributed by atoms with Crippen molar-refractivity contribution in [2.45, 2.75) is 6.54 Å². The predicted molar refractivity (Wildman–Crippen MR) is 69.0 cm³/mol. The molecule has 0 unspecified atom stereocenters. The maximum absolute atomic E-state index is 5.45. The quantitative estimate of drug-likeness (QED) is 0.762. The molecule has 3 aromatic rings. The van der Waals surface area contributed by atoms with E-state index in [2.05, 4.69) is 21.5 Å². The first kappa shape index (κ1) is 11.0. The lowest BCUT2D eigenvalue weighted by atomic mass is 10.1. The van der Waals surface area contributed by atoms with Gasteiger partial charge in [0.2, 0.25) is 0 Å². The molecule has 1 N–H and O–H groups in total. The minimum atomic E-state index is 0.769. The number of hydrogen-bond acceptors (Lipinski definition) is 4. The van der Waals surface area contributed by atoms with Gasteiger partial charge in [0.25, 0.3) is 0 Å². The van der Waals surface area contributed by atoms with Crippen LogP contribution in [0.5, 0.6) is 0 Å². The Bertz CT molecular complexity index is 670. The topological polar surface area (TPSA) is 55.9 Å². The van der Waals surface area contributed by atoms with Gasteiger partial charge >= 0.3 is 0 Å². The number of hydrogen-bond donors (Lipinski definition) is 1. The molecule has 5 nitrogen and oxygen atoms in total. The molecule has 0 radical (unpaired) electrons. The predicted octanol–water partition coefficient (Wildman–Crippen LogP) is 1.95. The number of aromatic nitrogens is 3. The van der Waals surface area contributed by atoms with Crippen molar-refractivity contribution in [1.29, 1.82) is 0 Å². The van der Waals surface area contributed by atoms with Crippen molar-refractivity contribution in [1.82, 2.24) is 19.9 Å². The summed E-state index contributed by atoms with van der Waals surface area (Å²) in [5, 5.41) is 4.21. The minimum Gasteiger partial charge on any atom is -0.463 e. The van der Waals surface area contributed by atoms with E-state index < -0.39 is 0 Å². The van der Waals surface area contributed by atoms with Gasteiger partial charge in [-0.3, -0.25) is 0 Å². The van der Waals surface area contributed by atoms with Crippen LogP contribution in [-0.2, 0) is 13.6 Å². The molecule has 0 saturated carbocycles. The first-order chi connectivity index (χ1) is 8.81. The van der Waals surface area contributed by atoms with E-state index in [-0.39, 0.29) is 0 Å². The molecule has 0 aliphatic carbocycles. The summed E-state index contributed by atoms with van der Waals surface area (Å²) in [4.78, 5) is 8.70. The second-order valence-electron chi connectivity index (χ2n) is 4.19. The van der Waals surface area contributed by atoms with Crippen LogP contribution in [0.4, 0.5) is 0 Å². The summed E-state index contributed by atoms with van der Waals surface area (Å²) in [6, 6.07) is 3.78. The van der Waals surface area contributed by atoms with Gasteiger partial charge in [-0.15, -0.1) is 0 Å². The van der Waals surface area contributed by atoms with Gasteiger partial charge in [-0.2, -0.15) is 0 Å². The van der Waals surface area contributed by atoms with Gasteiger partial charge in [-0.1, -0.05) is 0 Å². The van der Waals surface area contributed by atoms with Gasteiger partial charge in [0.15, 0.2) is 5.76 Å². The third kappa shape index (κ3) is 1.60. The van der Waals surface area contributed by atoms with E-state index in [0.29, 0.717) is 0 Å². The lowest BCUT2D eigenvalue weighted by Gasteiger charge is -2.02. The van der Waals surface area contributed by atoms with E-state index in [1.807, 2.05) is 30.8 Å². The number of nitrogens with zero attached hydrogens (tertiary/aromatic N) is 3. The van der Waals surface area contributed by atoms with Crippen LogP contribution in [0.2, 0.25) is 0 Å². The van der Waals surface area contributed by atoms with E-state index in [4.69, 9.17) is 4.42 Å². The van der Waals surface area contributed by atoms with Crippen LogP contribution < -0.4 is 5.32 Å². The summed E-state index contributed by atoms with van der Waals surface area (Å²) >= 11 is 0. The highest BCUT2D eigenvalue weighted by Crippen LogP contribution is 2.29. The smallest absolute Gasteiger partial charge is 0.153 e. The molecule has 0 fully saturated rings. The first-order valence-electron chi connectivity index (χ1n) is 5.78. The zero-order chi connectivity index (χ0) is 12.5. The largest absolute Gasteiger partial charge is 0.463 e. The molecule has 0 atom stereocenters. The van der Waals surface area contributed by atoms with Gasteiger partial charge in [0, 0.05) is 19.8 Å². The second kappa shape index (κ2) is 4.27. The van der Waals surface area contributed by atoms with Crippen LogP contribution in [0.15, 0.2) is 35.3 Å². The number of nitrogens with one attached hydrogen (secondary N) is 1. The fourth-order valence-corrected chi connectivity index (χ4v) is 2.22. The molecule has 0 amide bonds. The molecular formula is C13H14N4O. The van der Waals surface area contributed by atoms with Crippen molar-refractivity contribution in [3.63, 3.8) is 0 Å². The molecule has 0 saturated heterocycles. The molecule has 18 heavy (non-hydrogen) atoms. The molecule has 0 spiro atoms. The van der Waals surface area contributed by atoms with E-state index in [0.717, 1.165) is 29.0 Å². The Kier molecular flexibility index (Phi) is 2.60. The summed E-state index contributed by atoms with van der Waals surface area (Å²) < 4.78 is 7.46. The molecule has 0 aliphatic heterocycles. The van der Waals surface area contributed by atoms with E-state index in [1.54, 1.807) is 12.6 Å². The molecule has 3 aromatic heterocycles. The van der Waals surface area contributed by atoms with Gasteiger partial charge in [-0.05, 0) is 24.7 Å². The number of fused-ring (bicyclic) bond motifs is 1. The van der Waals surface area contributed by atoms with Crippen LogP contribution in [0.25, 0.3) is 22.5 Å². The normalized spacial score (nSPS) is 11.2. The molecule has 0 aromatic carbocycles. The zero-order valence-corrected chi connectivity index (χ0v) is 10.3.